The van der Waals surface area contributed by atoms with Gasteiger partial charge in [-0.05, 0) is 269 Å². The fraction of sp³-hybridized carbons (Fsp3) is 0.132. The summed E-state index contributed by atoms with van der Waals surface area (Å²) in [5.74, 6) is 0. The van der Waals surface area contributed by atoms with Crippen molar-refractivity contribution in [3.8, 4) is 145 Å². The van der Waals surface area contributed by atoms with Crippen molar-refractivity contribution in [3.05, 3.63) is 439 Å². The molecule has 5 heteroatoms. The molecule has 0 unspecified atom stereocenters. The van der Waals surface area contributed by atoms with Crippen LogP contribution in [-0.4, -0.2) is 15.0 Å². The predicted octanol–water partition coefficient (Wildman–Crippen LogP) is 32.7. The lowest BCUT2D eigenvalue weighted by atomic mass is 9.63. The second kappa shape index (κ2) is 31.3. The number of nitrogens with zero attached hydrogens (tertiary/aromatic N) is 5. The monoisotopic (exact) mass is 1620 g/mol. The Morgan fingerprint density at radius 3 is 1.10 bits per heavy atom. The molecule has 0 saturated carbocycles. The number of hydrogen-bond donors (Lipinski definition) is 0. The van der Waals surface area contributed by atoms with E-state index in [0.717, 1.165) is 152 Å². The van der Waals surface area contributed by atoms with Crippen LogP contribution in [0.4, 0.5) is 34.1 Å². The molecule has 5 nitrogen and oxygen atoms in total. The van der Waals surface area contributed by atoms with Gasteiger partial charge in [-0.1, -0.05) is 328 Å². The minimum absolute atomic E-state index is 0.0773. The van der Waals surface area contributed by atoms with Crippen LogP contribution in [0.3, 0.4) is 0 Å². The van der Waals surface area contributed by atoms with Crippen molar-refractivity contribution in [2.75, 3.05) is 9.80 Å². The molecular formula is C121H99N5. The number of hydrogen-bond acceptors (Lipinski definition) is 5. The van der Waals surface area contributed by atoms with E-state index in [1.165, 1.54) is 84.3 Å². The van der Waals surface area contributed by atoms with Crippen LogP contribution in [0.2, 0.25) is 0 Å². The van der Waals surface area contributed by atoms with Gasteiger partial charge in [-0.3, -0.25) is 15.0 Å². The SMILES string of the molecule is Cc1cc(-c2cccc(N(c3ccc(-c4ccccc4)cc3)c3cccc4c3-c3ccccc3C4(C)C)c2)ncc1-c1ccccc1-c1cc(-c2ccccc2-c2ccc(-c3ccc4c(c3)C(C)(C)CCC4(C)C)nc2)cc(-c2ccccc2-c2cnc(-c3cccc(N(c4ccc(-c5ccccc5)cc4)c4cccc5c4-c4ccccc4C5(C)C)c3)c(C)c2)c1. The predicted molar refractivity (Wildman–Crippen MR) is 529 cm³/mol. The van der Waals surface area contributed by atoms with Gasteiger partial charge in [-0.15, -0.1) is 0 Å². The Kier molecular flexibility index (Phi) is 19.5. The first-order valence-corrected chi connectivity index (χ1v) is 44.4. The molecule has 0 N–H and O–H groups in total. The van der Waals surface area contributed by atoms with Gasteiger partial charge in [0.05, 0.1) is 28.5 Å². The number of fused-ring (bicyclic) bond motifs is 7. The van der Waals surface area contributed by atoms with E-state index in [4.69, 9.17) is 15.0 Å². The summed E-state index contributed by atoms with van der Waals surface area (Å²) < 4.78 is 0. The molecule has 3 aliphatic carbocycles. The summed E-state index contributed by atoms with van der Waals surface area (Å²) in [7, 11) is 0. The molecule has 0 fully saturated rings. The first kappa shape index (κ1) is 78.6. The number of anilines is 6. The Hall–Kier alpha value is -14.7. The van der Waals surface area contributed by atoms with Crippen molar-refractivity contribution in [2.24, 2.45) is 0 Å². The van der Waals surface area contributed by atoms with E-state index in [2.05, 4.69) is 474 Å². The Balaban J connectivity index is 0.662. The highest BCUT2D eigenvalue weighted by Crippen LogP contribution is 2.58. The first-order chi connectivity index (χ1) is 61.3. The largest absolute Gasteiger partial charge is 0.310 e. The van der Waals surface area contributed by atoms with Crippen LogP contribution in [0, 0.1) is 13.8 Å². The van der Waals surface area contributed by atoms with Gasteiger partial charge in [0.15, 0.2) is 0 Å². The van der Waals surface area contributed by atoms with E-state index >= 15 is 0 Å². The summed E-state index contributed by atoms with van der Waals surface area (Å²) in [6.07, 6.45) is 8.58. The number of pyridine rings is 3. The van der Waals surface area contributed by atoms with Gasteiger partial charge in [0.1, 0.15) is 0 Å². The number of benzene rings is 15. The summed E-state index contributed by atoms with van der Waals surface area (Å²) in [4.78, 5) is 21.2. The van der Waals surface area contributed by atoms with Crippen LogP contribution in [0.25, 0.3) is 145 Å². The molecule has 0 saturated heterocycles. The second-order valence-electron chi connectivity index (χ2n) is 37.0. The Morgan fingerprint density at radius 1 is 0.214 bits per heavy atom. The Labute approximate surface area is 741 Å². The molecule has 126 heavy (non-hydrogen) atoms. The normalized spacial score (nSPS) is 14.0. The van der Waals surface area contributed by atoms with Crippen LogP contribution in [0.5, 0.6) is 0 Å². The van der Waals surface area contributed by atoms with Crippen molar-refractivity contribution < 1.29 is 0 Å². The molecule has 0 spiro atoms. The maximum Gasteiger partial charge on any atom is 0.0732 e. The maximum absolute atomic E-state index is 5.51. The molecule has 3 aromatic heterocycles. The van der Waals surface area contributed by atoms with Crippen LogP contribution in [0.15, 0.2) is 395 Å². The third kappa shape index (κ3) is 13.9. The highest BCUT2D eigenvalue weighted by molar-refractivity contribution is 6.00. The van der Waals surface area contributed by atoms with Crippen molar-refractivity contribution >= 4 is 34.1 Å². The molecule has 608 valence electrons. The maximum atomic E-state index is 5.51. The Morgan fingerprint density at radius 2 is 0.595 bits per heavy atom. The van der Waals surface area contributed by atoms with Gasteiger partial charge in [0.2, 0.25) is 0 Å². The van der Waals surface area contributed by atoms with Crippen molar-refractivity contribution in [3.63, 3.8) is 0 Å². The molecule has 21 rings (SSSR count). The molecule has 0 atom stereocenters. The highest BCUT2D eigenvalue weighted by atomic mass is 15.2. The van der Waals surface area contributed by atoms with Crippen molar-refractivity contribution in [1.82, 2.24) is 15.0 Å². The first-order valence-electron chi connectivity index (χ1n) is 44.4. The molecule has 0 aliphatic heterocycles. The summed E-state index contributed by atoms with van der Waals surface area (Å²) >= 11 is 0. The fourth-order valence-corrected chi connectivity index (χ4v) is 20.7. The molecule has 3 heterocycles. The van der Waals surface area contributed by atoms with Crippen LogP contribution in [0.1, 0.15) is 113 Å². The summed E-state index contributed by atoms with van der Waals surface area (Å²) in [6, 6.07) is 139. The minimum Gasteiger partial charge on any atom is -0.310 e. The Bertz CT molecular complexity index is 7270. The zero-order chi connectivity index (χ0) is 85.7. The fourth-order valence-electron chi connectivity index (χ4n) is 20.7. The molecule has 0 amide bonds. The highest BCUT2D eigenvalue weighted by Gasteiger charge is 2.41. The van der Waals surface area contributed by atoms with Crippen LogP contribution in [-0.2, 0) is 21.7 Å². The van der Waals surface area contributed by atoms with Crippen molar-refractivity contribution in [1.29, 1.82) is 0 Å². The van der Waals surface area contributed by atoms with E-state index < -0.39 is 0 Å². The third-order valence-corrected chi connectivity index (χ3v) is 27.6. The summed E-state index contributed by atoms with van der Waals surface area (Å²) in [5, 5.41) is 0. The summed E-state index contributed by atoms with van der Waals surface area (Å²) in [5.41, 5.74) is 45.6. The lowest BCUT2D eigenvalue weighted by Gasteiger charge is -2.42. The average Bonchev–Trinajstić information content (AvgIpc) is 1.55. The molecule has 15 aromatic carbocycles. The van der Waals surface area contributed by atoms with Gasteiger partial charge in [-0.2, -0.15) is 0 Å². The van der Waals surface area contributed by atoms with Crippen LogP contribution >= 0.6 is 0 Å². The molecule has 0 radical (unpaired) electrons. The zero-order valence-corrected chi connectivity index (χ0v) is 73.2. The lowest BCUT2D eigenvalue weighted by Crippen LogP contribution is -2.33. The van der Waals surface area contributed by atoms with Gasteiger partial charge in [0.25, 0.3) is 0 Å². The van der Waals surface area contributed by atoms with E-state index in [-0.39, 0.29) is 21.7 Å². The van der Waals surface area contributed by atoms with E-state index in [1.54, 1.807) is 0 Å². The van der Waals surface area contributed by atoms with E-state index in [1.807, 2.05) is 0 Å². The number of aromatic nitrogens is 3. The van der Waals surface area contributed by atoms with Gasteiger partial charge in [0, 0.05) is 96.7 Å². The molecule has 0 bridgehead atoms. The number of rotatable bonds is 17. The van der Waals surface area contributed by atoms with E-state index in [9.17, 15) is 0 Å². The topological polar surface area (TPSA) is 45.2 Å². The van der Waals surface area contributed by atoms with E-state index in [0.29, 0.717) is 0 Å². The van der Waals surface area contributed by atoms with Gasteiger partial charge >= 0.3 is 0 Å². The lowest BCUT2D eigenvalue weighted by molar-refractivity contribution is 0.332. The second-order valence-corrected chi connectivity index (χ2v) is 37.0. The smallest absolute Gasteiger partial charge is 0.0732 e. The van der Waals surface area contributed by atoms with Gasteiger partial charge < -0.3 is 9.80 Å². The molecule has 3 aliphatic rings. The summed E-state index contributed by atoms with van der Waals surface area (Å²) in [6.45, 7) is 23.5. The standard InChI is InChI=1S/C121H99N5/c1-78-68-112(84-35-27-37-94(72-84)125(92-59-53-82(54-60-92)80-31-13-11-14-32-80)113-51-29-49-108-115(113)102-45-23-25-47-105(102)120(108,7)8)123-77-104(78)101-44-22-21-42-99(101)90-70-88(97-40-18-17-39-96(97)87-58-64-111(122-75-87)85-57-63-107-110(74-85)119(5,6)66-65-118(107,3)4)69-89(71-90)98-41-19-20-43-100(98)91-67-79(2)117(124-76-91)86-36-28-38-95(73-86)126(93-61-55-83(56-62-93)81-33-15-12-16-34-81)114-52-30-50-109-116(114)103-46-24-26-48-106(103)121(109,9)10/h11-64,67-77H,65-66H2,1-10H3. The minimum atomic E-state index is -0.176. The number of aryl methyl sites for hydroxylation is 2. The molecule has 18 aromatic rings. The third-order valence-electron chi connectivity index (χ3n) is 27.6. The van der Waals surface area contributed by atoms with Crippen molar-refractivity contribution in [2.45, 2.75) is 104 Å². The van der Waals surface area contributed by atoms with Crippen LogP contribution < -0.4 is 9.80 Å². The van der Waals surface area contributed by atoms with Gasteiger partial charge in [-0.25, -0.2) is 0 Å². The zero-order valence-electron chi connectivity index (χ0n) is 73.2. The quantitative estimate of drug-likeness (QED) is 0.0909. The molecular weight excluding hydrogens is 1520 g/mol. The average molecular weight is 1620 g/mol.